The van der Waals surface area contributed by atoms with Crippen LogP contribution in [0.25, 0.3) is 16.1 Å². The molecular formula is C9H6ClN5. The van der Waals surface area contributed by atoms with Crippen molar-refractivity contribution in [2.45, 2.75) is 0 Å². The summed E-state index contributed by atoms with van der Waals surface area (Å²) in [4.78, 5) is 2.68. The first-order valence-electron chi connectivity index (χ1n) is 4.16. The van der Waals surface area contributed by atoms with Crippen LogP contribution in [-0.2, 0) is 0 Å². The maximum Gasteiger partial charge on any atom is 0.0831 e. The zero-order valence-electron chi connectivity index (χ0n) is 7.58. The highest BCUT2D eigenvalue weighted by atomic mass is 35.5. The molecule has 6 heteroatoms. The monoisotopic (exact) mass is 219 g/mol. The van der Waals surface area contributed by atoms with Gasteiger partial charge in [0.1, 0.15) is 0 Å². The molecule has 2 aromatic rings. The van der Waals surface area contributed by atoms with E-state index in [2.05, 4.69) is 15.1 Å². The van der Waals surface area contributed by atoms with Gasteiger partial charge in [-0.05, 0) is 23.7 Å². The first kappa shape index (κ1) is 9.58. The second-order valence-electron chi connectivity index (χ2n) is 2.78. The van der Waals surface area contributed by atoms with E-state index in [1.165, 1.54) is 0 Å². The standard InChI is InChI=1S/C9H6ClN5/c10-8-6-7(13-14-11)2-3-9(8)15-5-1-4-12-15/h1-6H. The molecule has 0 aliphatic heterocycles. The van der Waals surface area contributed by atoms with E-state index in [0.717, 1.165) is 5.69 Å². The molecule has 0 atom stereocenters. The molecule has 1 aromatic heterocycles. The van der Waals surface area contributed by atoms with Crippen molar-refractivity contribution in [1.82, 2.24) is 9.78 Å². The zero-order chi connectivity index (χ0) is 10.7. The predicted molar refractivity (Wildman–Crippen MR) is 57.4 cm³/mol. The van der Waals surface area contributed by atoms with Crippen LogP contribution < -0.4 is 0 Å². The summed E-state index contributed by atoms with van der Waals surface area (Å²) >= 11 is 6.01. The average molecular weight is 220 g/mol. The Balaban J connectivity index is 2.48. The molecule has 0 unspecified atom stereocenters. The van der Waals surface area contributed by atoms with Crippen molar-refractivity contribution in [1.29, 1.82) is 0 Å². The lowest BCUT2D eigenvalue weighted by molar-refractivity contribution is 0.881. The van der Waals surface area contributed by atoms with E-state index >= 15 is 0 Å². The zero-order valence-corrected chi connectivity index (χ0v) is 8.33. The fraction of sp³-hybridized carbons (Fsp3) is 0. The minimum absolute atomic E-state index is 0.485. The van der Waals surface area contributed by atoms with Crippen LogP contribution in [0.5, 0.6) is 0 Å². The number of aromatic nitrogens is 2. The fourth-order valence-electron chi connectivity index (χ4n) is 1.21. The van der Waals surface area contributed by atoms with E-state index in [9.17, 15) is 0 Å². The molecule has 0 fully saturated rings. The number of hydrogen-bond donors (Lipinski definition) is 0. The third-order valence-corrected chi connectivity index (χ3v) is 2.15. The number of rotatable bonds is 2. The summed E-state index contributed by atoms with van der Waals surface area (Å²) in [6, 6.07) is 6.83. The van der Waals surface area contributed by atoms with Gasteiger partial charge in [-0.1, -0.05) is 22.8 Å². The second-order valence-corrected chi connectivity index (χ2v) is 3.18. The van der Waals surface area contributed by atoms with Crippen molar-refractivity contribution in [3.05, 3.63) is 52.1 Å². The molecular weight excluding hydrogens is 214 g/mol. The molecule has 0 bridgehead atoms. The fourth-order valence-corrected chi connectivity index (χ4v) is 1.47. The molecule has 0 saturated heterocycles. The van der Waals surface area contributed by atoms with E-state index in [4.69, 9.17) is 17.1 Å². The first-order valence-corrected chi connectivity index (χ1v) is 4.54. The Bertz CT molecular complexity index is 513. The Morgan fingerprint density at radius 1 is 1.47 bits per heavy atom. The minimum atomic E-state index is 0.485. The van der Waals surface area contributed by atoms with Gasteiger partial charge < -0.3 is 0 Å². The molecule has 0 amide bonds. The molecule has 0 N–H and O–H groups in total. The topological polar surface area (TPSA) is 66.6 Å². The maximum atomic E-state index is 8.26. The van der Waals surface area contributed by atoms with Gasteiger partial charge in [-0.25, -0.2) is 4.68 Å². The second kappa shape index (κ2) is 4.04. The Kier molecular flexibility index (Phi) is 2.58. The quantitative estimate of drug-likeness (QED) is 0.433. The smallest absolute Gasteiger partial charge is 0.0831 e. The number of halogens is 1. The van der Waals surface area contributed by atoms with Gasteiger partial charge in [-0.2, -0.15) is 5.10 Å². The lowest BCUT2D eigenvalue weighted by atomic mass is 10.3. The number of azide groups is 1. The van der Waals surface area contributed by atoms with Crippen LogP contribution in [0, 0.1) is 0 Å². The van der Waals surface area contributed by atoms with E-state index in [1.807, 2.05) is 0 Å². The van der Waals surface area contributed by atoms with Gasteiger partial charge in [0.15, 0.2) is 0 Å². The number of hydrogen-bond acceptors (Lipinski definition) is 2. The molecule has 5 nitrogen and oxygen atoms in total. The van der Waals surface area contributed by atoms with Crippen molar-refractivity contribution in [3.63, 3.8) is 0 Å². The molecule has 1 aromatic carbocycles. The van der Waals surface area contributed by atoms with Gasteiger partial charge in [0.25, 0.3) is 0 Å². The summed E-state index contributed by atoms with van der Waals surface area (Å²) in [6.07, 6.45) is 3.45. The van der Waals surface area contributed by atoms with Crippen LogP contribution >= 0.6 is 11.6 Å². The lowest BCUT2D eigenvalue weighted by Crippen LogP contribution is -1.94. The Morgan fingerprint density at radius 2 is 2.33 bits per heavy atom. The molecule has 15 heavy (non-hydrogen) atoms. The van der Waals surface area contributed by atoms with Crippen molar-refractivity contribution in [2.24, 2.45) is 5.11 Å². The Hall–Kier alpha value is -1.97. The lowest BCUT2D eigenvalue weighted by Gasteiger charge is -2.04. The maximum absolute atomic E-state index is 8.26. The highest BCUT2D eigenvalue weighted by Crippen LogP contribution is 2.25. The third kappa shape index (κ3) is 1.93. The third-order valence-electron chi connectivity index (χ3n) is 1.84. The SMILES string of the molecule is [N-]=[N+]=Nc1ccc(-n2cccn2)c(Cl)c1. The van der Waals surface area contributed by atoms with Crippen molar-refractivity contribution in [2.75, 3.05) is 0 Å². The molecule has 74 valence electrons. The van der Waals surface area contributed by atoms with E-state index < -0.39 is 0 Å². The van der Waals surface area contributed by atoms with Gasteiger partial charge in [0.2, 0.25) is 0 Å². The van der Waals surface area contributed by atoms with Crippen molar-refractivity contribution >= 4 is 17.3 Å². The highest BCUT2D eigenvalue weighted by Gasteiger charge is 2.02. The molecule has 2 rings (SSSR count). The van der Waals surface area contributed by atoms with E-state index in [1.54, 1.807) is 41.3 Å². The molecule has 0 spiro atoms. The largest absolute Gasteiger partial charge is 0.239 e. The van der Waals surface area contributed by atoms with Crippen molar-refractivity contribution in [3.8, 4) is 5.69 Å². The van der Waals surface area contributed by atoms with Crippen LogP contribution in [0.3, 0.4) is 0 Å². The van der Waals surface area contributed by atoms with Crippen molar-refractivity contribution < 1.29 is 0 Å². The normalized spacial score (nSPS) is 9.67. The average Bonchev–Trinajstić information content (AvgIpc) is 2.71. The van der Waals surface area contributed by atoms with Gasteiger partial charge >= 0.3 is 0 Å². The highest BCUT2D eigenvalue weighted by molar-refractivity contribution is 6.32. The number of benzene rings is 1. The van der Waals surface area contributed by atoms with Gasteiger partial charge in [-0.3, -0.25) is 0 Å². The van der Waals surface area contributed by atoms with Crippen LogP contribution in [0.4, 0.5) is 5.69 Å². The van der Waals surface area contributed by atoms with E-state index in [-0.39, 0.29) is 0 Å². The van der Waals surface area contributed by atoms with Crippen LogP contribution in [0.15, 0.2) is 41.8 Å². The van der Waals surface area contributed by atoms with Crippen LogP contribution in [0.1, 0.15) is 0 Å². The molecule has 0 aliphatic rings. The molecule has 1 heterocycles. The summed E-state index contributed by atoms with van der Waals surface area (Å²) in [5.74, 6) is 0. The Labute approximate surface area is 90.5 Å². The summed E-state index contributed by atoms with van der Waals surface area (Å²) < 4.78 is 1.64. The first-order chi connectivity index (χ1) is 7.31. The predicted octanol–water partition coefficient (Wildman–Crippen LogP) is 3.47. The van der Waals surface area contributed by atoms with E-state index in [0.29, 0.717) is 10.7 Å². The Morgan fingerprint density at radius 3 is 2.93 bits per heavy atom. The van der Waals surface area contributed by atoms with Gasteiger partial charge in [0.05, 0.1) is 10.7 Å². The molecule has 0 saturated carbocycles. The summed E-state index contributed by atoms with van der Waals surface area (Å²) in [6.45, 7) is 0. The summed E-state index contributed by atoms with van der Waals surface area (Å²) in [5, 5.41) is 8.00. The summed E-state index contributed by atoms with van der Waals surface area (Å²) in [7, 11) is 0. The summed E-state index contributed by atoms with van der Waals surface area (Å²) in [5.41, 5.74) is 9.49. The van der Waals surface area contributed by atoms with Gasteiger partial charge in [-0.15, -0.1) is 0 Å². The van der Waals surface area contributed by atoms with Gasteiger partial charge in [0, 0.05) is 23.0 Å². The molecule has 0 radical (unpaired) electrons. The van der Waals surface area contributed by atoms with Crippen LogP contribution in [-0.4, -0.2) is 9.78 Å². The minimum Gasteiger partial charge on any atom is -0.239 e. The molecule has 0 aliphatic carbocycles. The van der Waals surface area contributed by atoms with Crippen LogP contribution in [0.2, 0.25) is 5.02 Å². The number of nitrogens with zero attached hydrogens (tertiary/aromatic N) is 5.